The Hall–Kier alpha value is -3.25. The van der Waals surface area contributed by atoms with Crippen LogP contribution < -0.4 is 14.9 Å². The van der Waals surface area contributed by atoms with Crippen molar-refractivity contribution >= 4 is 24.2 Å². The Bertz CT molecular complexity index is 1010. The van der Waals surface area contributed by atoms with Gasteiger partial charge in [0.25, 0.3) is 0 Å². The molecule has 0 unspecified atom stereocenters. The van der Waals surface area contributed by atoms with E-state index in [4.69, 9.17) is 31.1 Å². The van der Waals surface area contributed by atoms with Gasteiger partial charge in [-0.1, -0.05) is 84.4 Å². The fourth-order valence-corrected chi connectivity index (χ4v) is 2.74. The Kier molecular flexibility index (Phi) is 10.9. The van der Waals surface area contributed by atoms with Gasteiger partial charge in [0.2, 0.25) is 0 Å². The van der Waals surface area contributed by atoms with Crippen LogP contribution in [0.4, 0.5) is 0 Å². The number of hydrogen-bond acceptors (Lipinski definition) is 4. The highest BCUT2D eigenvalue weighted by atomic mass is 35.5. The molecule has 0 atom stereocenters. The van der Waals surface area contributed by atoms with Crippen molar-refractivity contribution in [3.63, 3.8) is 0 Å². The molecule has 0 aliphatic rings. The molecule has 2 N–H and O–H groups in total. The van der Waals surface area contributed by atoms with Crippen LogP contribution in [0.5, 0.6) is 11.5 Å². The molecule has 6 heteroatoms. The van der Waals surface area contributed by atoms with E-state index >= 15 is 0 Å². The molecule has 0 amide bonds. The molecule has 164 valence electrons. The van der Waals surface area contributed by atoms with E-state index < -0.39 is 7.12 Å². The molecule has 4 aromatic carbocycles. The van der Waals surface area contributed by atoms with E-state index in [9.17, 15) is 0 Å². The van der Waals surface area contributed by atoms with Crippen LogP contribution in [0.25, 0.3) is 11.1 Å². The molecule has 0 saturated carbocycles. The van der Waals surface area contributed by atoms with E-state index in [2.05, 4.69) is 24.3 Å². The quantitative estimate of drug-likeness (QED) is 0.428. The highest BCUT2D eigenvalue weighted by Crippen LogP contribution is 2.21. The number of methoxy groups -OCH3 is 2. The molecule has 0 heterocycles. The third kappa shape index (κ3) is 8.86. The van der Waals surface area contributed by atoms with Crippen LogP contribution in [0.2, 0.25) is 5.02 Å². The third-order valence-corrected chi connectivity index (χ3v) is 4.60. The third-order valence-electron chi connectivity index (χ3n) is 4.34. The summed E-state index contributed by atoms with van der Waals surface area (Å²) in [6.07, 6.45) is 0. The van der Waals surface area contributed by atoms with Crippen LogP contribution >= 0.6 is 11.6 Å². The largest absolute Gasteiger partial charge is 0.497 e. The van der Waals surface area contributed by atoms with E-state index in [-0.39, 0.29) is 0 Å². The number of benzene rings is 4. The maximum absolute atomic E-state index is 8.58. The summed E-state index contributed by atoms with van der Waals surface area (Å²) in [5.41, 5.74) is 2.97. The Balaban J connectivity index is 0.000000178. The molecule has 0 aromatic heterocycles. The first-order valence-electron chi connectivity index (χ1n) is 9.93. The first kappa shape index (κ1) is 25.0. The van der Waals surface area contributed by atoms with Crippen molar-refractivity contribution in [3.05, 3.63) is 114 Å². The first-order valence-corrected chi connectivity index (χ1v) is 10.3. The molecule has 0 spiro atoms. The van der Waals surface area contributed by atoms with Crippen LogP contribution in [0, 0.1) is 0 Å². The van der Waals surface area contributed by atoms with Crippen LogP contribution in [0.15, 0.2) is 109 Å². The normalized spacial score (nSPS) is 9.41. The second-order valence-corrected chi connectivity index (χ2v) is 6.97. The summed E-state index contributed by atoms with van der Waals surface area (Å²) in [6.45, 7) is 0. The minimum atomic E-state index is -1.34. The summed E-state index contributed by atoms with van der Waals surface area (Å²) < 4.78 is 10.0. The maximum atomic E-state index is 8.58. The van der Waals surface area contributed by atoms with Gasteiger partial charge in [-0.3, -0.25) is 0 Å². The summed E-state index contributed by atoms with van der Waals surface area (Å²) in [5, 5.41) is 17.9. The van der Waals surface area contributed by atoms with Crippen molar-refractivity contribution in [2.24, 2.45) is 0 Å². The zero-order valence-corrected chi connectivity index (χ0v) is 18.8. The zero-order valence-electron chi connectivity index (χ0n) is 18.1. The molecule has 0 radical (unpaired) electrons. The van der Waals surface area contributed by atoms with Gasteiger partial charge in [0.05, 0.1) is 14.2 Å². The van der Waals surface area contributed by atoms with Gasteiger partial charge < -0.3 is 19.5 Å². The van der Waals surface area contributed by atoms with Crippen molar-refractivity contribution in [2.45, 2.75) is 0 Å². The van der Waals surface area contributed by atoms with Crippen LogP contribution in [0.1, 0.15) is 0 Å². The lowest BCUT2D eigenvalue weighted by atomic mass is 9.81. The summed E-state index contributed by atoms with van der Waals surface area (Å²) in [5.74, 6) is 1.73. The zero-order chi connectivity index (χ0) is 23.2. The predicted octanol–water partition coefficient (Wildman–Crippen LogP) is 5.08. The van der Waals surface area contributed by atoms with Crippen molar-refractivity contribution < 1.29 is 19.5 Å². The molecular formula is C26H26BClO4. The summed E-state index contributed by atoms with van der Waals surface area (Å²) in [6, 6.07) is 34.3. The van der Waals surface area contributed by atoms with E-state index in [1.54, 1.807) is 50.6 Å². The maximum Gasteiger partial charge on any atom is 0.488 e. The molecular weight excluding hydrogens is 423 g/mol. The molecule has 0 fully saturated rings. The number of hydrogen-bond donors (Lipinski definition) is 2. The molecule has 32 heavy (non-hydrogen) atoms. The van der Waals surface area contributed by atoms with Crippen LogP contribution in [-0.4, -0.2) is 31.4 Å². The molecule has 4 nitrogen and oxygen atoms in total. The Labute approximate surface area is 194 Å². The van der Waals surface area contributed by atoms with Gasteiger partial charge >= 0.3 is 7.12 Å². The van der Waals surface area contributed by atoms with Gasteiger partial charge in [0, 0.05) is 5.02 Å². The Morgan fingerprint density at radius 2 is 0.969 bits per heavy atom. The minimum Gasteiger partial charge on any atom is -0.497 e. The standard InChI is InChI=1S/C13H12O.C7H7ClO.C6H7BO2/c1-14-13-9-7-12(8-10-13)11-5-3-2-4-6-11;1-9-7-4-2-6(8)3-5-7;8-7(9)6-4-2-1-3-5-6/h2-10H,1H3;2-5H,1H3;1-5,8-9H. The minimum absolute atomic E-state index is 0.525. The predicted molar refractivity (Wildman–Crippen MR) is 133 cm³/mol. The molecule has 0 saturated heterocycles. The Morgan fingerprint density at radius 3 is 1.38 bits per heavy atom. The summed E-state index contributed by atoms with van der Waals surface area (Å²) in [7, 11) is 1.96. The summed E-state index contributed by atoms with van der Waals surface area (Å²) >= 11 is 5.61. The van der Waals surface area contributed by atoms with Gasteiger partial charge in [-0.15, -0.1) is 0 Å². The van der Waals surface area contributed by atoms with E-state index in [0.29, 0.717) is 5.46 Å². The van der Waals surface area contributed by atoms with Crippen molar-refractivity contribution in [1.29, 1.82) is 0 Å². The molecule has 4 rings (SSSR count). The van der Waals surface area contributed by atoms with Gasteiger partial charge in [0.15, 0.2) is 0 Å². The monoisotopic (exact) mass is 448 g/mol. The van der Waals surface area contributed by atoms with Crippen molar-refractivity contribution in [1.82, 2.24) is 0 Å². The number of halogens is 1. The first-order chi connectivity index (χ1) is 15.5. The molecule has 0 aliphatic carbocycles. The number of rotatable bonds is 4. The van der Waals surface area contributed by atoms with E-state index in [0.717, 1.165) is 16.5 Å². The molecule has 4 aromatic rings. The lowest BCUT2D eigenvalue weighted by Gasteiger charge is -2.02. The van der Waals surface area contributed by atoms with Gasteiger partial charge in [-0.25, -0.2) is 0 Å². The second-order valence-electron chi connectivity index (χ2n) is 6.54. The highest BCUT2D eigenvalue weighted by Gasteiger charge is 2.07. The summed E-state index contributed by atoms with van der Waals surface area (Å²) in [4.78, 5) is 0. The number of ether oxygens (including phenoxy) is 2. The van der Waals surface area contributed by atoms with Crippen molar-refractivity contribution in [3.8, 4) is 22.6 Å². The lowest BCUT2D eigenvalue weighted by Crippen LogP contribution is -2.29. The topological polar surface area (TPSA) is 58.9 Å². The molecule has 0 aliphatic heterocycles. The van der Waals surface area contributed by atoms with Gasteiger partial charge in [-0.2, -0.15) is 0 Å². The van der Waals surface area contributed by atoms with Gasteiger partial charge in [-0.05, 0) is 53.0 Å². The van der Waals surface area contributed by atoms with Crippen LogP contribution in [-0.2, 0) is 0 Å². The van der Waals surface area contributed by atoms with E-state index in [1.807, 2.05) is 48.5 Å². The van der Waals surface area contributed by atoms with E-state index in [1.165, 1.54) is 11.1 Å². The fourth-order valence-electron chi connectivity index (χ4n) is 2.61. The average Bonchev–Trinajstić information content (AvgIpc) is 2.86. The molecule has 0 bridgehead atoms. The van der Waals surface area contributed by atoms with Crippen molar-refractivity contribution in [2.75, 3.05) is 14.2 Å². The smallest absolute Gasteiger partial charge is 0.488 e. The Morgan fingerprint density at radius 1 is 0.562 bits per heavy atom. The second kappa shape index (κ2) is 13.9. The average molecular weight is 449 g/mol. The SMILES string of the molecule is COc1ccc(-c2ccccc2)cc1.COc1ccc(Cl)cc1.OB(O)c1ccccc1. The van der Waals surface area contributed by atoms with Gasteiger partial charge in [0.1, 0.15) is 11.5 Å². The lowest BCUT2D eigenvalue weighted by molar-refractivity contribution is 0.414. The van der Waals surface area contributed by atoms with Crippen LogP contribution in [0.3, 0.4) is 0 Å². The highest BCUT2D eigenvalue weighted by molar-refractivity contribution is 6.58. The fraction of sp³-hybridized carbons (Fsp3) is 0.0769.